The Morgan fingerprint density at radius 2 is 2.05 bits per heavy atom. The van der Waals surface area contributed by atoms with E-state index in [9.17, 15) is 0 Å². The van der Waals surface area contributed by atoms with Gasteiger partial charge >= 0.3 is 0 Å². The van der Waals surface area contributed by atoms with Crippen LogP contribution in [0, 0.1) is 5.92 Å². The van der Waals surface area contributed by atoms with Crippen LogP contribution in [-0.4, -0.2) is 16.1 Å². The van der Waals surface area contributed by atoms with Gasteiger partial charge in [0.05, 0.1) is 5.69 Å². The third-order valence-corrected chi connectivity index (χ3v) is 4.82. The molecule has 1 aliphatic heterocycles. The van der Waals surface area contributed by atoms with Crippen LogP contribution in [0.2, 0.25) is 0 Å². The number of hydrogen-bond donors (Lipinski definition) is 1. The quantitative estimate of drug-likeness (QED) is 0.905. The monoisotopic (exact) mass is 261 g/mol. The molecule has 0 spiro atoms. The summed E-state index contributed by atoms with van der Waals surface area (Å²) in [5, 5.41) is 3.46. The molecule has 1 saturated carbocycles. The molecule has 0 atom stereocenters. The largest absolute Gasteiger partial charge is 0.329 e. The highest BCUT2D eigenvalue weighted by molar-refractivity contribution is 5.21. The van der Waals surface area contributed by atoms with Gasteiger partial charge in [0.25, 0.3) is 0 Å². The minimum absolute atomic E-state index is 0.729. The molecule has 3 heteroatoms. The molecule has 0 radical (unpaired) electrons. The summed E-state index contributed by atoms with van der Waals surface area (Å²) in [5.41, 5.74) is 2.87. The molecule has 1 fully saturated rings. The molecule has 0 aromatic carbocycles. The summed E-state index contributed by atoms with van der Waals surface area (Å²) in [7, 11) is 0. The second-order valence-electron chi connectivity index (χ2n) is 6.38. The third kappa shape index (κ3) is 2.58. The van der Waals surface area contributed by atoms with Crippen LogP contribution in [0.1, 0.15) is 69.2 Å². The molecule has 1 aromatic rings. The molecule has 3 rings (SSSR count). The predicted octanol–water partition coefficient (Wildman–Crippen LogP) is 3.23. The van der Waals surface area contributed by atoms with E-state index in [1.807, 2.05) is 0 Å². The van der Waals surface area contributed by atoms with Crippen LogP contribution in [0.3, 0.4) is 0 Å². The number of nitrogens with one attached hydrogen (secondary N) is 1. The highest BCUT2D eigenvalue weighted by Crippen LogP contribution is 2.35. The lowest BCUT2D eigenvalue weighted by Gasteiger charge is -2.30. The van der Waals surface area contributed by atoms with Gasteiger partial charge in [-0.3, -0.25) is 0 Å². The first-order valence-electron chi connectivity index (χ1n) is 8.09. The fourth-order valence-electron chi connectivity index (χ4n) is 3.72. The maximum absolute atomic E-state index is 4.94. The lowest BCUT2D eigenvalue weighted by atomic mass is 9.87. The normalized spacial score (nSPS) is 27.3. The Labute approximate surface area is 116 Å². The molecule has 2 aliphatic rings. The first-order valence-corrected chi connectivity index (χ1v) is 8.09. The van der Waals surface area contributed by atoms with Crippen LogP contribution in [0.15, 0.2) is 0 Å². The molecule has 2 heterocycles. The van der Waals surface area contributed by atoms with E-state index in [-0.39, 0.29) is 0 Å². The topological polar surface area (TPSA) is 29.9 Å². The van der Waals surface area contributed by atoms with Crippen molar-refractivity contribution in [1.82, 2.24) is 14.9 Å². The van der Waals surface area contributed by atoms with E-state index in [0.29, 0.717) is 0 Å². The van der Waals surface area contributed by atoms with Crippen molar-refractivity contribution in [3.05, 3.63) is 17.2 Å². The zero-order valence-corrected chi connectivity index (χ0v) is 12.4. The molecule has 1 N–H and O–H groups in total. The molecule has 0 amide bonds. The molecule has 1 aromatic heterocycles. The zero-order valence-electron chi connectivity index (χ0n) is 12.4. The molecule has 0 unspecified atom stereocenters. The smallest absolute Gasteiger partial charge is 0.109 e. The van der Waals surface area contributed by atoms with Gasteiger partial charge in [0.15, 0.2) is 0 Å². The minimum Gasteiger partial charge on any atom is -0.329 e. The Hall–Kier alpha value is -0.830. The minimum atomic E-state index is 0.729. The van der Waals surface area contributed by atoms with E-state index in [1.54, 1.807) is 5.69 Å². The summed E-state index contributed by atoms with van der Waals surface area (Å²) in [6.07, 6.45) is 8.99. The summed E-state index contributed by atoms with van der Waals surface area (Å²) < 4.78 is 2.64. The second kappa shape index (κ2) is 5.66. The fraction of sp³-hybridized carbons (Fsp3) is 0.812. The Morgan fingerprint density at radius 1 is 1.26 bits per heavy atom. The lowest BCUT2D eigenvalue weighted by Crippen LogP contribution is -2.27. The van der Waals surface area contributed by atoms with Crippen molar-refractivity contribution in [3.8, 4) is 0 Å². The zero-order chi connectivity index (χ0) is 13.2. The van der Waals surface area contributed by atoms with Crippen LogP contribution >= 0.6 is 0 Å². The van der Waals surface area contributed by atoms with Crippen molar-refractivity contribution >= 4 is 0 Å². The Bertz CT molecular complexity index is 427. The van der Waals surface area contributed by atoms with Gasteiger partial charge in [0.2, 0.25) is 0 Å². The SMILES string of the molecule is CCCc1nc2c(n1C1CCC(C)CC1)CCNC2. The number of fused-ring (bicyclic) bond motifs is 1. The van der Waals surface area contributed by atoms with E-state index in [4.69, 9.17) is 4.98 Å². The van der Waals surface area contributed by atoms with Crippen LogP contribution in [0.4, 0.5) is 0 Å². The van der Waals surface area contributed by atoms with Crippen molar-refractivity contribution in [2.75, 3.05) is 6.54 Å². The van der Waals surface area contributed by atoms with Gasteiger partial charge in [-0.15, -0.1) is 0 Å². The van der Waals surface area contributed by atoms with Crippen LogP contribution in [-0.2, 0) is 19.4 Å². The average molecular weight is 261 g/mol. The summed E-state index contributed by atoms with van der Waals surface area (Å²) >= 11 is 0. The summed E-state index contributed by atoms with van der Waals surface area (Å²) in [5.74, 6) is 2.28. The maximum atomic E-state index is 4.94. The van der Waals surface area contributed by atoms with Gasteiger partial charge in [-0.25, -0.2) is 4.98 Å². The van der Waals surface area contributed by atoms with Gasteiger partial charge in [-0.1, -0.05) is 13.8 Å². The Kier molecular flexibility index (Phi) is 3.92. The van der Waals surface area contributed by atoms with Crippen molar-refractivity contribution in [2.45, 2.75) is 71.4 Å². The number of imidazole rings is 1. The Morgan fingerprint density at radius 3 is 2.79 bits per heavy atom. The van der Waals surface area contributed by atoms with E-state index < -0.39 is 0 Å². The van der Waals surface area contributed by atoms with E-state index >= 15 is 0 Å². The van der Waals surface area contributed by atoms with Crippen LogP contribution < -0.4 is 5.32 Å². The molecular formula is C16H27N3. The van der Waals surface area contributed by atoms with Crippen molar-refractivity contribution in [1.29, 1.82) is 0 Å². The lowest BCUT2D eigenvalue weighted by molar-refractivity contribution is 0.280. The summed E-state index contributed by atoms with van der Waals surface area (Å²) in [6.45, 7) is 6.76. The first-order chi connectivity index (χ1) is 9.29. The van der Waals surface area contributed by atoms with Gasteiger partial charge in [0, 0.05) is 37.7 Å². The Balaban J connectivity index is 1.91. The fourth-order valence-corrected chi connectivity index (χ4v) is 3.72. The summed E-state index contributed by atoms with van der Waals surface area (Å²) in [4.78, 5) is 4.94. The number of rotatable bonds is 3. The standard InChI is InChI=1S/C16H27N3/c1-3-4-16-18-14-11-17-10-9-15(14)19(16)13-7-5-12(2)6-8-13/h12-13,17H,3-11H2,1-2H3. The summed E-state index contributed by atoms with van der Waals surface area (Å²) in [6, 6.07) is 0.729. The molecule has 0 saturated heterocycles. The molecular weight excluding hydrogens is 234 g/mol. The molecule has 1 aliphatic carbocycles. The van der Waals surface area contributed by atoms with E-state index in [1.165, 1.54) is 43.6 Å². The van der Waals surface area contributed by atoms with Crippen molar-refractivity contribution < 1.29 is 0 Å². The van der Waals surface area contributed by atoms with Crippen LogP contribution in [0.5, 0.6) is 0 Å². The highest BCUT2D eigenvalue weighted by atomic mass is 15.1. The second-order valence-corrected chi connectivity index (χ2v) is 6.38. The third-order valence-electron chi connectivity index (χ3n) is 4.82. The maximum Gasteiger partial charge on any atom is 0.109 e. The van der Waals surface area contributed by atoms with Crippen molar-refractivity contribution in [2.24, 2.45) is 5.92 Å². The van der Waals surface area contributed by atoms with Crippen LogP contribution in [0.25, 0.3) is 0 Å². The van der Waals surface area contributed by atoms with E-state index in [0.717, 1.165) is 37.9 Å². The first kappa shape index (κ1) is 13.2. The molecule has 19 heavy (non-hydrogen) atoms. The van der Waals surface area contributed by atoms with Gasteiger partial charge in [-0.05, 0) is 38.0 Å². The van der Waals surface area contributed by atoms with Gasteiger partial charge in [-0.2, -0.15) is 0 Å². The molecule has 0 bridgehead atoms. The number of nitrogens with zero attached hydrogens (tertiary/aromatic N) is 2. The highest BCUT2D eigenvalue weighted by Gasteiger charge is 2.27. The average Bonchev–Trinajstić information content (AvgIpc) is 2.78. The number of hydrogen-bond acceptors (Lipinski definition) is 2. The van der Waals surface area contributed by atoms with Gasteiger partial charge in [0.1, 0.15) is 5.82 Å². The number of aromatic nitrogens is 2. The van der Waals surface area contributed by atoms with E-state index in [2.05, 4.69) is 23.7 Å². The van der Waals surface area contributed by atoms with Gasteiger partial charge < -0.3 is 9.88 Å². The molecule has 106 valence electrons. The predicted molar refractivity (Wildman–Crippen MR) is 78.3 cm³/mol. The number of aryl methyl sites for hydroxylation is 1. The molecule has 3 nitrogen and oxygen atoms in total. The van der Waals surface area contributed by atoms with Crippen molar-refractivity contribution in [3.63, 3.8) is 0 Å².